The van der Waals surface area contributed by atoms with Crippen molar-refractivity contribution in [1.29, 1.82) is 0 Å². The Kier molecular flexibility index (Phi) is 5.81. The van der Waals surface area contributed by atoms with Gasteiger partial charge >= 0.3 is 0 Å². The molecule has 0 N–H and O–H groups in total. The largest absolute Gasteiger partial charge is 0.299 e. The van der Waals surface area contributed by atoms with E-state index >= 15 is 0 Å². The number of rotatable bonds is 4. The number of alkyl halides is 1. The second-order valence-electron chi connectivity index (χ2n) is 3.96. The van der Waals surface area contributed by atoms with E-state index in [1.807, 2.05) is 0 Å². The molecule has 0 aliphatic heterocycles. The van der Waals surface area contributed by atoms with E-state index in [9.17, 15) is 0 Å². The summed E-state index contributed by atoms with van der Waals surface area (Å²) in [6.45, 7) is 4.48. The number of hydrogen-bond acceptors (Lipinski definition) is 1. The summed E-state index contributed by atoms with van der Waals surface area (Å²) in [6.07, 6.45) is 8.51. The lowest BCUT2D eigenvalue weighted by molar-refractivity contribution is 0.199. The van der Waals surface area contributed by atoms with Gasteiger partial charge in [-0.1, -0.05) is 32.6 Å². The van der Waals surface area contributed by atoms with Gasteiger partial charge in [-0.2, -0.15) is 0 Å². The molecule has 0 unspecified atom stereocenters. The summed E-state index contributed by atoms with van der Waals surface area (Å²) in [5.74, 6) is 0.782. The van der Waals surface area contributed by atoms with E-state index in [1.54, 1.807) is 0 Å². The van der Waals surface area contributed by atoms with Crippen LogP contribution in [0.2, 0.25) is 0 Å². The molecule has 0 heterocycles. The van der Waals surface area contributed by atoms with Gasteiger partial charge in [0.2, 0.25) is 0 Å². The van der Waals surface area contributed by atoms with Gasteiger partial charge in [-0.05, 0) is 19.4 Å². The molecule has 1 rings (SSSR count). The zero-order valence-electron chi connectivity index (χ0n) is 8.77. The summed E-state index contributed by atoms with van der Waals surface area (Å²) in [6, 6.07) is 0.825. The maximum Gasteiger partial charge on any atom is 0.0351 e. The molecule has 1 aliphatic carbocycles. The molecule has 0 spiro atoms. The fourth-order valence-corrected chi connectivity index (χ4v) is 2.55. The van der Waals surface area contributed by atoms with E-state index in [0.717, 1.165) is 25.0 Å². The Morgan fingerprint density at radius 2 is 1.77 bits per heavy atom. The van der Waals surface area contributed by atoms with Crippen molar-refractivity contribution in [2.24, 2.45) is 0 Å². The zero-order valence-corrected chi connectivity index (χ0v) is 9.52. The molecule has 0 aromatic rings. The van der Waals surface area contributed by atoms with Crippen molar-refractivity contribution in [3.05, 3.63) is 0 Å². The van der Waals surface area contributed by atoms with Crippen LogP contribution in [0.3, 0.4) is 0 Å². The maximum atomic E-state index is 5.79. The minimum Gasteiger partial charge on any atom is -0.299 e. The monoisotopic (exact) mass is 203 g/mol. The Bertz CT molecular complexity index is 119. The molecule has 13 heavy (non-hydrogen) atoms. The van der Waals surface area contributed by atoms with Gasteiger partial charge in [0.25, 0.3) is 0 Å². The maximum absolute atomic E-state index is 5.79. The summed E-state index contributed by atoms with van der Waals surface area (Å²) in [5, 5.41) is 0. The molecule has 0 radical (unpaired) electrons. The summed E-state index contributed by atoms with van der Waals surface area (Å²) < 4.78 is 0. The van der Waals surface area contributed by atoms with E-state index in [2.05, 4.69) is 11.8 Å². The van der Waals surface area contributed by atoms with Crippen LogP contribution in [0.5, 0.6) is 0 Å². The molecule has 78 valence electrons. The third-order valence-corrected chi connectivity index (χ3v) is 3.29. The van der Waals surface area contributed by atoms with Crippen LogP contribution in [-0.2, 0) is 0 Å². The molecule has 1 saturated carbocycles. The van der Waals surface area contributed by atoms with Crippen molar-refractivity contribution in [2.75, 3.05) is 19.0 Å². The standard InChI is InChI=1S/C11H22ClN/c1-2-13(10-9-12)11-7-5-3-4-6-8-11/h11H,2-10H2,1H3. The van der Waals surface area contributed by atoms with Gasteiger partial charge in [-0.15, -0.1) is 11.6 Å². The average Bonchev–Trinajstić information content (AvgIpc) is 2.42. The van der Waals surface area contributed by atoms with Gasteiger partial charge in [0.1, 0.15) is 0 Å². The van der Waals surface area contributed by atoms with E-state index in [0.29, 0.717) is 0 Å². The minimum absolute atomic E-state index is 0.782. The summed E-state index contributed by atoms with van der Waals surface area (Å²) in [4.78, 5) is 2.55. The van der Waals surface area contributed by atoms with Gasteiger partial charge in [0.15, 0.2) is 0 Å². The Morgan fingerprint density at radius 1 is 1.15 bits per heavy atom. The van der Waals surface area contributed by atoms with Crippen LogP contribution in [0.25, 0.3) is 0 Å². The lowest BCUT2D eigenvalue weighted by Gasteiger charge is -2.29. The Labute approximate surface area is 87.4 Å². The molecular weight excluding hydrogens is 182 g/mol. The SMILES string of the molecule is CCN(CCCl)C1CCCCCC1. The van der Waals surface area contributed by atoms with Crippen molar-refractivity contribution < 1.29 is 0 Å². The molecule has 1 fully saturated rings. The number of nitrogens with zero attached hydrogens (tertiary/aromatic N) is 1. The van der Waals surface area contributed by atoms with E-state index in [1.165, 1.54) is 38.5 Å². The smallest absolute Gasteiger partial charge is 0.0351 e. The first kappa shape index (κ1) is 11.3. The highest BCUT2D eigenvalue weighted by Gasteiger charge is 2.17. The third-order valence-electron chi connectivity index (χ3n) is 3.12. The van der Waals surface area contributed by atoms with Crippen LogP contribution in [-0.4, -0.2) is 29.9 Å². The van der Waals surface area contributed by atoms with Crippen LogP contribution in [0, 0.1) is 0 Å². The molecule has 0 aromatic carbocycles. The quantitative estimate of drug-likeness (QED) is 0.501. The Balaban J connectivity index is 2.35. The van der Waals surface area contributed by atoms with Crippen molar-refractivity contribution in [2.45, 2.75) is 51.5 Å². The Morgan fingerprint density at radius 3 is 2.23 bits per heavy atom. The molecular formula is C11H22ClN. The van der Waals surface area contributed by atoms with Crippen molar-refractivity contribution in [1.82, 2.24) is 4.90 Å². The van der Waals surface area contributed by atoms with Crippen LogP contribution >= 0.6 is 11.6 Å². The second kappa shape index (κ2) is 6.67. The lowest BCUT2D eigenvalue weighted by atomic mass is 10.1. The fourth-order valence-electron chi connectivity index (χ4n) is 2.33. The molecule has 0 bridgehead atoms. The fraction of sp³-hybridized carbons (Fsp3) is 1.00. The van der Waals surface area contributed by atoms with E-state index in [4.69, 9.17) is 11.6 Å². The van der Waals surface area contributed by atoms with Crippen LogP contribution in [0.1, 0.15) is 45.4 Å². The molecule has 0 atom stereocenters. The summed E-state index contributed by atoms with van der Waals surface area (Å²) in [5.41, 5.74) is 0. The minimum atomic E-state index is 0.782. The van der Waals surface area contributed by atoms with Crippen molar-refractivity contribution in [3.63, 3.8) is 0 Å². The molecule has 1 aliphatic rings. The van der Waals surface area contributed by atoms with E-state index in [-0.39, 0.29) is 0 Å². The molecule has 0 amide bonds. The normalized spacial score (nSPS) is 20.5. The number of hydrogen-bond donors (Lipinski definition) is 0. The predicted molar refractivity (Wildman–Crippen MR) is 59.5 cm³/mol. The van der Waals surface area contributed by atoms with E-state index < -0.39 is 0 Å². The van der Waals surface area contributed by atoms with Gasteiger partial charge in [-0.25, -0.2) is 0 Å². The topological polar surface area (TPSA) is 3.24 Å². The number of halogens is 1. The molecule has 0 aromatic heterocycles. The average molecular weight is 204 g/mol. The van der Waals surface area contributed by atoms with Crippen LogP contribution in [0.4, 0.5) is 0 Å². The van der Waals surface area contributed by atoms with Crippen molar-refractivity contribution >= 4 is 11.6 Å². The first-order valence-corrected chi connectivity index (χ1v) is 6.22. The predicted octanol–water partition coefficient (Wildman–Crippen LogP) is 3.27. The highest BCUT2D eigenvalue weighted by Crippen LogP contribution is 2.21. The van der Waals surface area contributed by atoms with Crippen LogP contribution < -0.4 is 0 Å². The van der Waals surface area contributed by atoms with Gasteiger partial charge in [0.05, 0.1) is 0 Å². The first-order valence-electron chi connectivity index (χ1n) is 5.68. The zero-order chi connectivity index (χ0) is 9.52. The lowest BCUT2D eigenvalue weighted by Crippen LogP contribution is -2.36. The second-order valence-corrected chi connectivity index (χ2v) is 4.34. The van der Waals surface area contributed by atoms with Crippen molar-refractivity contribution in [3.8, 4) is 0 Å². The van der Waals surface area contributed by atoms with Gasteiger partial charge in [0, 0.05) is 18.5 Å². The highest BCUT2D eigenvalue weighted by atomic mass is 35.5. The highest BCUT2D eigenvalue weighted by molar-refractivity contribution is 6.18. The summed E-state index contributed by atoms with van der Waals surface area (Å²) >= 11 is 5.79. The molecule has 0 saturated heterocycles. The molecule has 1 nitrogen and oxygen atoms in total. The Hall–Kier alpha value is 0.250. The van der Waals surface area contributed by atoms with Gasteiger partial charge < -0.3 is 0 Å². The van der Waals surface area contributed by atoms with Gasteiger partial charge in [-0.3, -0.25) is 4.90 Å². The van der Waals surface area contributed by atoms with Crippen LogP contribution in [0.15, 0.2) is 0 Å². The molecule has 2 heteroatoms. The third kappa shape index (κ3) is 3.86. The first-order chi connectivity index (χ1) is 6.38. The summed E-state index contributed by atoms with van der Waals surface area (Å²) in [7, 11) is 0.